The highest BCUT2D eigenvalue weighted by molar-refractivity contribution is 7.89. The molecule has 1 rings (SSSR count). The van der Waals surface area contributed by atoms with Gasteiger partial charge in [-0.2, -0.15) is 13.2 Å². The molecular formula is C11H16F3N3O2S. The molecule has 0 heterocycles. The first kappa shape index (κ1) is 16.6. The standard InChI is InChI=1S/C11H16F3N3O2S/c1-7(6-11(12,13)14)17-9-4-3-8(15)5-10(9)20(18,19)16-2/h3-5,7,16-17H,6,15H2,1-2H3. The summed E-state index contributed by atoms with van der Waals surface area (Å²) >= 11 is 0. The van der Waals surface area contributed by atoms with Crippen LogP contribution in [0.4, 0.5) is 24.5 Å². The third-order valence-electron chi connectivity index (χ3n) is 2.50. The van der Waals surface area contributed by atoms with Crippen LogP contribution in [-0.4, -0.2) is 27.7 Å². The molecule has 0 spiro atoms. The minimum atomic E-state index is -4.33. The predicted molar refractivity (Wildman–Crippen MR) is 70.9 cm³/mol. The Balaban J connectivity index is 3.07. The number of rotatable bonds is 5. The average molecular weight is 311 g/mol. The van der Waals surface area contributed by atoms with Crippen LogP contribution in [0, 0.1) is 0 Å². The number of alkyl halides is 3. The Morgan fingerprint density at radius 1 is 1.35 bits per heavy atom. The van der Waals surface area contributed by atoms with Crippen molar-refractivity contribution in [2.24, 2.45) is 0 Å². The van der Waals surface area contributed by atoms with Gasteiger partial charge < -0.3 is 11.1 Å². The SMILES string of the molecule is CNS(=O)(=O)c1cc(N)ccc1NC(C)CC(F)(F)F. The van der Waals surface area contributed by atoms with E-state index >= 15 is 0 Å². The second kappa shape index (κ2) is 5.88. The van der Waals surface area contributed by atoms with Crippen molar-refractivity contribution in [1.29, 1.82) is 0 Å². The van der Waals surface area contributed by atoms with Gasteiger partial charge in [-0.3, -0.25) is 0 Å². The van der Waals surface area contributed by atoms with Crippen LogP contribution < -0.4 is 15.8 Å². The molecule has 1 unspecified atom stereocenters. The zero-order chi connectivity index (χ0) is 15.6. The molecular weight excluding hydrogens is 295 g/mol. The Hall–Kier alpha value is -1.48. The van der Waals surface area contributed by atoms with Crippen LogP contribution in [0.2, 0.25) is 0 Å². The predicted octanol–water partition coefficient (Wildman–Crippen LogP) is 1.93. The number of nitrogens with one attached hydrogen (secondary N) is 2. The van der Waals surface area contributed by atoms with Crippen LogP contribution in [0.25, 0.3) is 0 Å². The second-order valence-corrected chi connectivity index (χ2v) is 6.18. The molecule has 0 fully saturated rings. The Bertz CT molecular complexity index is 573. The lowest BCUT2D eigenvalue weighted by Gasteiger charge is -2.19. The second-order valence-electron chi connectivity index (χ2n) is 4.33. The normalized spacial score (nSPS) is 14.1. The molecule has 0 aromatic heterocycles. The summed E-state index contributed by atoms with van der Waals surface area (Å²) in [6.07, 6.45) is -5.40. The Labute approximate surface area is 115 Å². The molecule has 0 amide bonds. The smallest absolute Gasteiger partial charge is 0.391 e. The molecule has 1 aromatic rings. The van der Waals surface area contributed by atoms with Crippen molar-refractivity contribution in [2.75, 3.05) is 18.1 Å². The number of sulfonamides is 1. The number of hydrogen-bond acceptors (Lipinski definition) is 4. The van der Waals surface area contributed by atoms with Crippen molar-refractivity contribution >= 4 is 21.4 Å². The van der Waals surface area contributed by atoms with Crippen molar-refractivity contribution in [3.05, 3.63) is 18.2 Å². The number of nitrogens with two attached hydrogens (primary N) is 1. The molecule has 0 radical (unpaired) electrons. The summed E-state index contributed by atoms with van der Waals surface area (Å²) in [7, 11) is -2.60. The summed E-state index contributed by atoms with van der Waals surface area (Å²) in [5.74, 6) is 0. The largest absolute Gasteiger partial charge is 0.399 e. The van der Waals surface area contributed by atoms with Crippen molar-refractivity contribution in [2.45, 2.75) is 30.5 Å². The lowest BCUT2D eigenvalue weighted by molar-refractivity contribution is -0.136. The Morgan fingerprint density at radius 3 is 2.45 bits per heavy atom. The van der Waals surface area contributed by atoms with E-state index in [-0.39, 0.29) is 16.3 Å². The maximum Gasteiger partial charge on any atom is 0.391 e. The van der Waals surface area contributed by atoms with Crippen molar-refractivity contribution in [1.82, 2.24) is 4.72 Å². The molecule has 0 aliphatic rings. The summed E-state index contributed by atoms with van der Waals surface area (Å²) in [5, 5.41) is 2.54. The monoisotopic (exact) mass is 311 g/mol. The average Bonchev–Trinajstić information content (AvgIpc) is 2.29. The fraction of sp³-hybridized carbons (Fsp3) is 0.455. The van der Waals surface area contributed by atoms with Crippen molar-refractivity contribution in [3.8, 4) is 0 Å². The molecule has 9 heteroatoms. The maximum atomic E-state index is 12.3. The van der Waals surface area contributed by atoms with Crippen LogP contribution in [0.15, 0.2) is 23.1 Å². The first-order valence-corrected chi connectivity index (χ1v) is 7.20. The van der Waals surface area contributed by atoms with Crippen LogP contribution >= 0.6 is 0 Å². The van der Waals surface area contributed by atoms with E-state index in [9.17, 15) is 21.6 Å². The molecule has 0 saturated carbocycles. The Kier molecular flexibility index (Phi) is 4.87. The topological polar surface area (TPSA) is 84.2 Å². The fourth-order valence-corrected chi connectivity index (χ4v) is 2.58. The molecule has 1 aromatic carbocycles. The van der Waals surface area contributed by atoms with Gasteiger partial charge in [0, 0.05) is 11.7 Å². The van der Waals surface area contributed by atoms with Gasteiger partial charge in [-0.1, -0.05) is 0 Å². The van der Waals surface area contributed by atoms with Gasteiger partial charge in [0.25, 0.3) is 0 Å². The minimum Gasteiger partial charge on any atom is -0.399 e. The number of hydrogen-bond donors (Lipinski definition) is 3. The van der Waals surface area contributed by atoms with Crippen molar-refractivity contribution in [3.63, 3.8) is 0 Å². The van der Waals surface area contributed by atoms with Gasteiger partial charge in [-0.05, 0) is 32.2 Å². The number of benzene rings is 1. The minimum absolute atomic E-state index is 0.0744. The highest BCUT2D eigenvalue weighted by Crippen LogP contribution is 2.27. The number of nitrogen functional groups attached to an aromatic ring is 1. The van der Waals surface area contributed by atoms with E-state index < -0.39 is 28.7 Å². The van der Waals surface area contributed by atoms with Gasteiger partial charge >= 0.3 is 6.18 Å². The van der Waals surface area contributed by atoms with Crippen LogP contribution in [0.3, 0.4) is 0 Å². The quantitative estimate of drug-likeness (QED) is 0.726. The van der Waals surface area contributed by atoms with E-state index in [4.69, 9.17) is 5.73 Å². The van der Waals surface area contributed by atoms with Crippen LogP contribution in [0.5, 0.6) is 0 Å². The van der Waals surface area contributed by atoms with Gasteiger partial charge in [0.05, 0.1) is 12.1 Å². The summed E-state index contributed by atoms with van der Waals surface area (Å²) in [6.45, 7) is 1.32. The highest BCUT2D eigenvalue weighted by atomic mass is 32.2. The molecule has 5 nitrogen and oxygen atoms in total. The molecule has 1 atom stereocenters. The fourth-order valence-electron chi connectivity index (χ4n) is 1.65. The Morgan fingerprint density at radius 2 is 1.95 bits per heavy atom. The lowest BCUT2D eigenvalue weighted by atomic mass is 10.2. The first-order chi connectivity index (χ1) is 9.05. The van der Waals surface area contributed by atoms with Gasteiger partial charge in [0.2, 0.25) is 10.0 Å². The van der Waals surface area contributed by atoms with E-state index in [1.165, 1.54) is 32.2 Å². The third-order valence-corrected chi connectivity index (χ3v) is 3.96. The van der Waals surface area contributed by atoms with Gasteiger partial charge in [0.1, 0.15) is 4.90 Å². The molecule has 0 saturated heterocycles. The highest BCUT2D eigenvalue weighted by Gasteiger charge is 2.30. The molecule has 0 aliphatic carbocycles. The van der Waals surface area contributed by atoms with Crippen molar-refractivity contribution < 1.29 is 21.6 Å². The maximum absolute atomic E-state index is 12.3. The van der Waals surface area contributed by atoms with Crippen LogP contribution in [0.1, 0.15) is 13.3 Å². The summed E-state index contributed by atoms with van der Waals surface area (Å²) in [5.41, 5.74) is 5.79. The molecule has 20 heavy (non-hydrogen) atoms. The van der Waals surface area contributed by atoms with Gasteiger partial charge in [0.15, 0.2) is 0 Å². The van der Waals surface area contributed by atoms with E-state index in [1.807, 2.05) is 0 Å². The summed E-state index contributed by atoms with van der Waals surface area (Å²) in [4.78, 5) is -0.186. The summed E-state index contributed by atoms with van der Waals surface area (Å²) in [6, 6.07) is 2.97. The van der Waals surface area contributed by atoms with E-state index in [2.05, 4.69) is 10.0 Å². The molecule has 0 aliphatic heterocycles. The molecule has 114 valence electrons. The van der Waals surface area contributed by atoms with E-state index in [0.29, 0.717) is 0 Å². The van der Waals surface area contributed by atoms with E-state index in [1.54, 1.807) is 0 Å². The first-order valence-electron chi connectivity index (χ1n) is 5.71. The zero-order valence-electron chi connectivity index (χ0n) is 11.0. The van der Waals surface area contributed by atoms with Crippen LogP contribution in [-0.2, 0) is 10.0 Å². The van der Waals surface area contributed by atoms with Gasteiger partial charge in [-0.15, -0.1) is 0 Å². The van der Waals surface area contributed by atoms with Gasteiger partial charge in [-0.25, -0.2) is 13.1 Å². The molecule has 0 bridgehead atoms. The zero-order valence-corrected chi connectivity index (χ0v) is 11.8. The lowest BCUT2D eigenvalue weighted by Crippen LogP contribution is -2.26. The summed E-state index contributed by atoms with van der Waals surface area (Å²) < 4.78 is 62.6. The number of halogens is 3. The molecule has 4 N–H and O–H groups in total. The third kappa shape index (κ3) is 4.57. The van der Waals surface area contributed by atoms with E-state index in [0.717, 1.165) is 0 Å². The number of anilines is 2.